The first-order valence-electron chi connectivity index (χ1n) is 3.82. The quantitative estimate of drug-likeness (QED) is 0.465. The summed E-state index contributed by atoms with van der Waals surface area (Å²) in [5.41, 5.74) is 0.521. The summed E-state index contributed by atoms with van der Waals surface area (Å²) < 4.78 is 4.36. The molecule has 0 rings (SSSR count). The maximum Gasteiger partial charge on any atom is 0.333 e. The van der Waals surface area contributed by atoms with E-state index in [2.05, 4.69) is 11.3 Å². The second-order valence-electron chi connectivity index (χ2n) is 2.79. The van der Waals surface area contributed by atoms with E-state index in [1.54, 1.807) is 0 Å². The lowest BCUT2D eigenvalue weighted by atomic mass is 10.2. The van der Waals surface area contributed by atoms with Crippen molar-refractivity contribution in [3.05, 3.63) is 12.2 Å². The third-order valence-electron chi connectivity index (χ3n) is 0.901. The number of carbonyl (C=O) groups excluding carboxylic acids is 1. The number of carbonyl (C=O) groups is 1. The van der Waals surface area contributed by atoms with Crippen LogP contribution in [0.15, 0.2) is 12.2 Å². The normalized spacial score (nSPS) is 8.50. The van der Waals surface area contributed by atoms with Crippen molar-refractivity contribution in [2.24, 2.45) is 0 Å². The van der Waals surface area contributed by atoms with Crippen LogP contribution in [0.2, 0.25) is 0 Å². The highest BCUT2D eigenvalue weighted by atomic mass is 16.5. The lowest BCUT2D eigenvalue weighted by Crippen LogP contribution is -2.01. The van der Waals surface area contributed by atoms with Crippen LogP contribution in [0.25, 0.3) is 0 Å². The van der Waals surface area contributed by atoms with Gasteiger partial charge in [-0.2, -0.15) is 0 Å². The zero-order valence-electron chi connectivity index (χ0n) is 8.68. The van der Waals surface area contributed by atoms with Gasteiger partial charge in [0.1, 0.15) is 0 Å². The van der Waals surface area contributed by atoms with Gasteiger partial charge in [0.25, 0.3) is 0 Å². The highest BCUT2D eigenvalue weighted by Gasteiger charge is 2.00. The van der Waals surface area contributed by atoms with E-state index in [4.69, 9.17) is 0 Å². The minimum Gasteiger partial charge on any atom is -0.466 e. The number of hydrogen-bond donors (Lipinski definition) is 0. The molecule has 0 spiro atoms. The summed E-state index contributed by atoms with van der Waals surface area (Å²) in [6.45, 7) is 5.33. The predicted molar refractivity (Wildman–Crippen MR) is 51.1 cm³/mol. The first-order valence-corrected chi connectivity index (χ1v) is 3.82. The smallest absolute Gasteiger partial charge is 0.333 e. The molecule has 0 amide bonds. The lowest BCUT2D eigenvalue weighted by Gasteiger charge is -1.95. The molecule has 0 N–H and O–H groups in total. The second kappa shape index (κ2) is 8.27. The largest absolute Gasteiger partial charge is 0.466 e. The van der Waals surface area contributed by atoms with Gasteiger partial charge < -0.3 is 9.64 Å². The van der Waals surface area contributed by atoms with E-state index in [0.717, 1.165) is 0 Å². The summed E-state index contributed by atoms with van der Waals surface area (Å²) in [6.07, 6.45) is 0.659. The molecule has 0 aliphatic carbocycles. The molecule has 0 fully saturated rings. The summed E-state index contributed by atoms with van der Waals surface area (Å²) in [5, 5.41) is 0. The Morgan fingerprint density at radius 1 is 1.42 bits per heavy atom. The molecular formula is C9H19NO2. The number of nitrogens with zero attached hydrogens (tertiary/aromatic N) is 1. The second-order valence-corrected chi connectivity index (χ2v) is 2.79. The average molecular weight is 173 g/mol. The van der Waals surface area contributed by atoms with Crippen LogP contribution in [0.5, 0.6) is 0 Å². The summed E-state index contributed by atoms with van der Waals surface area (Å²) in [6, 6.07) is 0. The van der Waals surface area contributed by atoms with Crippen molar-refractivity contribution in [3.8, 4) is 0 Å². The van der Waals surface area contributed by atoms with Crippen molar-refractivity contribution in [1.29, 1.82) is 0 Å². The summed E-state index contributed by atoms with van der Waals surface area (Å²) in [5.74, 6) is -0.312. The molecule has 0 unspecified atom stereocenters. The van der Waals surface area contributed by atoms with Crippen molar-refractivity contribution in [1.82, 2.24) is 4.90 Å². The number of methoxy groups -OCH3 is 1. The maximum absolute atomic E-state index is 10.4. The fraction of sp³-hybridized carbons (Fsp3) is 0.667. The van der Waals surface area contributed by atoms with Crippen molar-refractivity contribution in [2.75, 3.05) is 28.3 Å². The third kappa shape index (κ3) is 11.9. The van der Waals surface area contributed by atoms with E-state index in [9.17, 15) is 4.79 Å². The maximum atomic E-state index is 10.4. The van der Waals surface area contributed by atoms with Crippen LogP contribution in [-0.2, 0) is 9.53 Å². The average Bonchev–Trinajstić information content (AvgIpc) is 2.00. The molecule has 72 valence electrons. The van der Waals surface area contributed by atoms with E-state index in [1.807, 2.05) is 33.0 Å². The number of esters is 1. The summed E-state index contributed by atoms with van der Waals surface area (Å²) in [7, 11) is 7.35. The Morgan fingerprint density at radius 2 is 1.75 bits per heavy atom. The van der Waals surface area contributed by atoms with E-state index < -0.39 is 0 Å². The van der Waals surface area contributed by atoms with E-state index in [0.29, 0.717) is 12.0 Å². The van der Waals surface area contributed by atoms with Crippen LogP contribution in [0, 0.1) is 0 Å². The fourth-order valence-corrected chi connectivity index (χ4v) is 0.289. The fourth-order valence-electron chi connectivity index (χ4n) is 0.289. The zero-order chi connectivity index (χ0) is 10.1. The van der Waals surface area contributed by atoms with Crippen LogP contribution in [0.4, 0.5) is 0 Å². The Hall–Kier alpha value is -0.830. The van der Waals surface area contributed by atoms with E-state index in [-0.39, 0.29) is 5.97 Å². The van der Waals surface area contributed by atoms with Gasteiger partial charge in [-0.1, -0.05) is 13.5 Å². The SMILES string of the molecule is C=C(CC)C(=O)OC.CN(C)C. The van der Waals surface area contributed by atoms with Gasteiger partial charge in [0.05, 0.1) is 7.11 Å². The standard InChI is InChI=1S/C6H10O2.C3H9N/c1-4-5(2)6(7)8-3;1-4(2)3/h2,4H2,1,3H3;1-3H3. The highest BCUT2D eigenvalue weighted by molar-refractivity contribution is 5.87. The van der Waals surface area contributed by atoms with Crippen molar-refractivity contribution >= 4 is 5.97 Å². The predicted octanol–water partition coefficient (Wildman–Crippen LogP) is 1.30. The molecular weight excluding hydrogens is 154 g/mol. The molecule has 0 aromatic rings. The molecule has 0 aliphatic rings. The van der Waals surface area contributed by atoms with Crippen LogP contribution >= 0.6 is 0 Å². The number of ether oxygens (including phenoxy) is 1. The topological polar surface area (TPSA) is 29.5 Å². The Balaban J connectivity index is 0. The van der Waals surface area contributed by atoms with Crippen LogP contribution < -0.4 is 0 Å². The first-order chi connectivity index (χ1) is 5.45. The summed E-state index contributed by atoms with van der Waals surface area (Å²) >= 11 is 0. The molecule has 0 radical (unpaired) electrons. The lowest BCUT2D eigenvalue weighted by molar-refractivity contribution is -0.136. The molecule has 0 aromatic heterocycles. The monoisotopic (exact) mass is 173 g/mol. The molecule has 3 heteroatoms. The molecule has 3 nitrogen and oxygen atoms in total. The van der Waals surface area contributed by atoms with Gasteiger partial charge in [0, 0.05) is 5.57 Å². The molecule has 12 heavy (non-hydrogen) atoms. The van der Waals surface area contributed by atoms with Crippen molar-refractivity contribution < 1.29 is 9.53 Å². The Kier molecular flexibility index (Phi) is 9.47. The van der Waals surface area contributed by atoms with Crippen LogP contribution in [0.3, 0.4) is 0 Å². The molecule has 0 atom stereocenters. The van der Waals surface area contributed by atoms with Crippen LogP contribution in [-0.4, -0.2) is 39.1 Å². The Labute approximate surface area is 75.0 Å². The molecule has 0 bridgehead atoms. The van der Waals surface area contributed by atoms with Gasteiger partial charge in [0.2, 0.25) is 0 Å². The summed E-state index contributed by atoms with van der Waals surface area (Å²) in [4.78, 5) is 12.4. The Bertz CT molecular complexity index is 125. The first kappa shape index (κ1) is 13.7. The zero-order valence-corrected chi connectivity index (χ0v) is 8.68. The van der Waals surface area contributed by atoms with Crippen molar-refractivity contribution in [2.45, 2.75) is 13.3 Å². The molecule has 0 aliphatic heterocycles. The van der Waals surface area contributed by atoms with Gasteiger partial charge in [0.15, 0.2) is 0 Å². The van der Waals surface area contributed by atoms with Crippen LogP contribution in [0.1, 0.15) is 13.3 Å². The van der Waals surface area contributed by atoms with Crippen molar-refractivity contribution in [3.63, 3.8) is 0 Å². The van der Waals surface area contributed by atoms with Gasteiger partial charge in [-0.05, 0) is 27.6 Å². The minimum absolute atomic E-state index is 0.312. The van der Waals surface area contributed by atoms with E-state index in [1.165, 1.54) is 7.11 Å². The molecule has 0 saturated heterocycles. The van der Waals surface area contributed by atoms with Gasteiger partial charge >= 0.3 is 5.97 Å². The minimum atomic E-state index is -0.312. The molecule has 0 aromatic carbocycles. The molecule has 0 heterocycles. The van der Waals surface area contributed by atoms with E-state index >= 15 is 0 Å². The molecule has 0 saturated carbocycles. The van der Waals surface area contributed by atoms with Gasteiger partial charge in [-0.15, -0.1) is 0 Å². The highest BCUT2D eigenvalue weighted by Crippen LogP contribution is 1.96. The number of hydrogen-bond acceptors (Lipinski definition) is 3. The van der Waals surface area contributed by atoms with Gasteiger partial charge in [-0.3, -0.25) is 0 Å². The Morgan fingerprint density at radius 3 is 1.83 bits per heavy atom. The number of rotatable bonds is 2. The third-order valence-corrected chi connectivity index (χ3v) is 0.901. The van der Waals surface area contributed by atoms with Gasteiger partial charge in [-0.25, -0.2) is 4.79 Å².